The standard InChI is InChI=1S/C14H14F2N4O2/c1-20(2)12-11(7-17-14(19-12)22-3)18-13(21)8-4-5-9(15)10(16)6-8/h4-7H,1-3H3,(H,18,21). The second kappa shape index (κ2) is 6.33. The van der Waals surface area contributed by atoms with E-state index >= 15 is 0 Å². The maximum Gasteiger partial charge on any atom is 0.318 e. The fraction of sp³-hybridized carbons (Fsp3) is 0.214. The van der Waals surface area contributed by atoms with Gasteiger partial charge in [0.1, 0.15) is 5.69 Å². The Hall–Kier alpha value is -2.77. The monoisotopic (exact) mass is 308 g/mol. The molecule has 116 valence electrons. The molecule has 0 bridgehead atoms. The van der Waals surface area contributed by atoms with Crippen LogP contribution < -0.4 is 15.0 Å². The van der Waals surface area contributed by atoms with E-state index in [9.17, 15) is 13.6 Å². The van der Waals surface area contributed by atoms with Crippen LogP contribution in [0.2, 0.25) is 0 Å². The molecule has 0 spiro atoms. The molecule has 2 rings (SSSR count). The zero-order valence-corrected chi connectivity index (χ0v) is 12.2. The number of halogens is 2. The molecule has 0 unspecified atom stereocenters. The van der Waals surface area contributed by atoms with E-state index in [0.717, 1.165) is 12.1 Å². The van der Waals surface area contributed by atoms with Crippen LogP contribution in [-0.4, -0.2) is 37.1 Å². The molecule has 22 heavy (non-hydrogen) atoms. The summed E-state index contributed by atoms with van der Waals surface area (Å²) in [5.74, 6) is -2.29. The van der Waals surface area contributed by atoms with Crippen molar-refractivity contribution in [1.29, 1.82) is 0 Å². The van der Waals surface area contributed by atoms with Crippen molar-refractivity contribution < 1.29 is 18.3 Å². The molecule has 0 aliphatic heterocycles. The van der Waals surface area contributed by atoms with Gasteiger partial charge in [0.15, 0.2) is 17.5 Å². The van der Waals surface area contributed by atoms with Gasteiger partial charge < -0.3 is 15.0 Å². The summed E-state index contributed by atoms with van der Waals surface area (Å²) in [5, 5.41) is 2.56. The Labute approximate surface area is 125 Å². The average molecular weight is 308 g/mol. The molecular formula is C14H14F2N4O2. The number of rotatable bonds is 4. The fourth-order valence-electron chi connectivity index (χ4n) is 1.72. The summed E-state index contributed by atoms with van der Waals surface area (Å²) in [6, 6.07) is 3.05. The minimum absolute atomic E-state index is 0.0144. The van der Waals surface area contributed by atoms with E-state index in [0.29, 0.717) is 11.5 Å². The number of aromatic nitrogens is 2. The minimum atomic E-state index is -1.09. The summed E-state index contributed by atoms with van der Waals surface area (Å²) in [4.78, 5) is 21.8. The van der Waals surface area contributed by atoms with Gasteiger partial charge >= 0.3 is 6.01 Å². The molecule has 1 N–H and O–H groups in total. The van der Waals surface area contributed by atoms with Gasteiger partial charge in [0.25, 0.3) is 5.91 Å². The summed E-state index contributed by atoms with van der Waals surface area (Å²) in [7, 11) is 4.89. The number of anilines is 2. The third kappa shape index (κ3) is 3.27. The first-order valence-electron chi connectivity index (χ1n) is 6.27. The Kier molecular flexibility index (Phi) is 4.50. The number of benzene rings is 1. The Morgan fingerprint density at radius 1 is 1.27 bits per heavy atom. The zero-order chi connectivity index (χ0) is 16.3. The van der Waals surface area contributed by atoms with Gasteiger partial charge in [-0.3, -0.25) is 4.79 Å². The SMILES string of the molecule is COc1ncc(NC(=O)c2ccc(F)c(F)c2)c(N(C)C)n1. The Morgan fingerprint density at radius 2 is 2.00 bits per heavy atom. The average Bonchev–Trinajstić information content (AvgIpc) is 2.50. The van der Waals surface area contributed by atoms with E-state index in [1.807, 2.05) is 0 Å². The summed E-state index contributed by atoms with van der Waals surface area (Å²) >= 11 is 0. The number of nitrogens with zero attached hydrogens (tertiary/aromatic N) is 3. The van der Waals surface area contributed by atoms with Gasteiger partial charge in [0, 0.05) is 19.7 Å². The molecule has 0 aliphatic carbocycles. The molecular weight excluding hydrogens is 294 g/mol. The molecule has 2 aromatic rings. The number of nitrogens with one attached hydrogen (secondary N) is 1. The van der Waals surface area contributed by atoms with Crippen molar-refractivity contribution >= 4 is 17.4 Å². The molecule has 0 radical (unpaired) electrons. The van der Waals surface area contributed by atoms with E-state index < -0.39 is 17.5 Å². The van der Waals surface area contributed by atoms with E-state index in [2.05, 4.69) is 15.3 Å². The largest absolute Gasteiger partial charge is 0.467 e. The van der Waals surface area contributed by atoms with Crippen molar-refractivity contribution in [2.24, 2.45) is 0 Å². The molecule has 1 heterocycles. The molecule has 0 aliphatic rings. The first-order chi connectivity index (χ1) is 10.4. The van der Waals surface area contributed by atoms with Crippen LogP contribution in [0.3, 0.4) is 0 Å². The first kappa shape index (κ1) is 15.6. The van der Waals surface area contributed by atoms with Crippen LogP contribution in [0.1, 0.15) is 10.4 Å². The Balaban J connectivity index is 2.29. The van der Waals surface area contributed by atoms with E-state index in [1.54, 1.807) is 19.0 Å². The maximum atomic E-state index is 13.2. The molecule has 1 aromatic carbocycles. The van der Waals surface area contributed by atoms with Gasteiger partial charge in [0.2, 0.25) is 0 Å². The van der Waals surface area contributed by atoms with Crippen LogP contribution in [0.5, 0.6) is 6.01 Å². The van der Waals surface area contributed by atoms with Gasteiger partial charge in [-0.15, -0.1) is 0 Å². The number of ether oxygens (including phenoxy) is 1. The predicted molar refractivity (Wildman–Crippen MR) is 77.2 cm³/mol. The van der Waals surface area contributed by atoms with Crippen molar-refractivity contribution in [3.63, 3.8) is 0 Å². The first-order valence-corrected chi connectivity index (χ1v) is 6.27. The molecule has 8 heteroatoms. The van der Waals surface area contributed by atoms with Crippen LogP contribution in [0, 0.1) is 11.6 Å². The normalized spacial score (nSPS) is 10.2. The van der Waals surface area contributed by atoms with Crippen molar-refractivity contribution in [3.05, 3.63) is 41.6 Å². The number of carbonyl (C=O) groups excluding carboxylic acids is 1. The third-order valence-corrected chi connectivity index (χ3v) is 2.78. The number of amides is 1. The molecule has 1 aromatic heterocycles. The minimum Gasteiger partial charge on any atom is -0.467 e. The molecule has 1 amide bonds. The zero-order valence-electron chi connectivity index (χ0n) is 12.2. The molecule has 0 fully saturated rings. The second-order valence-electron chi connectivity index (χ2n) is 4.57. The highest BCUT2D eigenvalue weighted by Crippen LogP contribution is 2.23. The highest BCUT2D eigenvalue weighted by molar-refractivity contribution is 6.05. The van der Waals surface area contributed by atoms with Gasteiger partial charge in [-0.2, -0.15) is 4.98 Å². The van der Waals surface area contributed by atoms with Crippen molar-refractivity contribution in [2.45, 2.75) is 0 Å². The fourth-order valence-corrected chi connectivity index (χ4v) is 1.72. The van der Waals surface area contributed by atoms with Crippen LogP contribution in [-0.2, 0) is 0 Å². The van der Waals surface area contributed by atoms with E-state index in [-0.39, 0.29) is 11.6 Å². The summed E-state index contributed by atoms with van der Waals surface area (Å²) < 4.78 is 31.0. The summed E-state index contributed by atoms with van der Waals surface area (Å²) in [6.07, 6.45) is 1.37. The second-order valence-corrected chi connectivity index (χ2v) is 4.57. The summed E-state index contributed by atoms with van der Waals surface area (Å²) in [6.45, 7) is 0. The third-order valence-electron chi connectivity index (χ3n) is 2.78. The van der Waals surface area contributed by atoms with E-state index in [1.165, 1.54) is 19.4 Å². The molecule has 0 atom stereocenters. The number of methoxy groups -OCH3 is 1. The lowest BCUT2D eigenvalue weighted by atomic mass is 10.2. The molecule has 0 saturated carbocycles. The lowest BCUT2D eigenvalue weighted by molar-refractivity contribution is 0.102. The number of carbonyl (C=O) groups is 1. The highest BCUT2D eigenvalue weighted by atomic mass is 19.2. The number of hydrogen-bond donors (Lipinski definition) is 1. The predicted octanol–water partition coefficient (Wildman–Crippen LogP) is 2.08. The van der Waals surface area contributed by atoms with Crippen molar-refractivity contribution in [2.75, 3.05) is 31.4 Å². The van der Waals surface area contributed by atoms with Crippen molar-refractivity contribution in [1.82, 2.24) is 9.97 Å². The van der Waals surface area contributed by atoms with Gasteiger partial charge in [-0.1, -0.05) is 0 Å². The topological polar surface area (TPSA) is 67.3 Å². The van der Waals surface area contributed by atoms with E-state index in [4.69, 9.17) is 4.74 Å². The van der Waals surface area contributed by atoms with Crippen LogP contribution in [0.4, 0.5) is 20.3 Å². The van der Waals surface area contributed by atoms with Crippen molar-refractivity contribution in [3.8, 4) is 6.01 Å². The molecule has 6 nitrogen and oxygen atoms in total. The highest BCUT2D eigenvalue weighted by Gasteiger charge is 2.15. The van der Waals surface area contributed by atoms with Gasteiger partial charge in [-0.05, 0) is 18.2 Å². The molecule has 0 saturated heterocycles. The van der Waals surface area contributed by atoms with Crippen LogP contribution in [0.15, 0.2) is 24.4 Å². The lowest BCUT2D eigenvalue weighted by Gasteiger charge is -2.16. The maximum absolute atomic E-state index is 13.2. The lowest BCUT2D eigenvalue weighted by Crippen LogP contribution is -2.18. The Morgan fingerprint density at radius 3 is 2.59 bits per heavy atom. The van der Waals surface area contributed by atoms with Gasteiger partial charge in [0.05, 0.1) is 13.3 Å². The Bertz CT molecular complexity index is 707. The van der Waals surface area contributed by atoms with Crippen LogP contribution in [0.25, 0.3) is 0 Å². The quantitative estimate of drug-likeness (QED) is 0.936. The smallest absolute Gasteiger partial charge is 0.318 e. The van der Waals surface area contributed by atoms with Gasteiger partial charge in [-0.25, -0.2) is 13.8 Å². The summed E-state index contributed by atoms with van der Waals surface area (Å²) in [5.41, 5.74) is 0.306. The number of hydrogen-bond acceptors (Lipinski definition) is 5. The van der Waals surface area contributed by atoms with Crippen LogP contribution >= 0.6 is 0 Å².